The van der Waals surface area contributed by atoms with Gasteiger partial charge in [0.05, 0.1) is 0 Å². The second-order valence-electron chi connectivity index (χ2n) is 5.73. The van der Waals surface area contributed by atoms with Crippen molar-refractivity contribution in [3.63, 3.8) is 0 Å². The van der Waals surface area contributed by atoms with Crippen molar-refractivity contribution >= 4 is 0 Å². The monoisotopic (exact) mass is 228 g/mol. The van der Waals surface area contributed by atoms with Gasteiger partial charge in [0, 0.05) is 19.1 Å². The van der Waals surface area contributed by atoms with E-state index in [4.69, 9.17) is 0 Å². The summed E-state index contributed by atoms with van der Waals surface area (Å²) in [5.41, 5.74) is 0. The van der Waals surface area contributed by atoms with Crippen LogP contribution in [-0.4, -0.2) is 37.1 Å². The Kier molecular flexibility index (Phi) is 8.96. The van der Waals surface area contributed by atoms with E-state index in [-0.39, 0.29) is 0 Å². The van der Waals surface area contributed by atoms with E-state index in [1.807, 2.05) is 0 Å². The van der Waals surface area contributed by atoms with Gasteiger partial charge in [0.15, 0.2) is 0 Å². The molecule has 0 spiro atoms. The molecular formula is C14H32N2. The van der Waals surface area contributed by atoms with E-state index >= 15 is 0 Å². The molecule has 0 aromatic heterocycles. The first-order chi connectivity index (χ1) is 7.47. The van der Waals surface area contributed by atoms with E-state index in [1.54, 1.807) is 0 Å². The van der Waals surface area contributed by atoms with Crippen molar-refractivity contribution < 1.29 is 0 Å². The summed E-state index contributed by atoms with van der Waals surface area (Å²) in [4.78, 5) is 2.65. The van der Waals surface area contributed by atoms with Gasteiger partial charge < -0.3 is 10.2 Å². The average molecular weight is 228 g/mol. The molecule has 0 aromatic carbocycles. The maximum absolute atomic E-state index is 3.41. The number of nitrogens with one attached hydrogen (secondary N) is 1. The Labute approximate surface area is 103 Å². The molecule has 16 heavy (non-hydrogen) atoms. The highest BCUT2D eigenvalue weighted by atomic mass is 15.2. The van der Waals surface area contributed by atoms with Crippen molar-refractivity contribution in [2.75, 3.05) is 26.2 Å². The number of rotatable bonds is 9. The fourth-order valence-corrected chi connectivity index (χ4v) is 2.04. The highest BCUT2D eigenvalue weighted by Crippen LogP contribution is 2.10. The van der Waals surface area contributed by atoms with Crippen LogP contribution in [-0.2, 0) is 0 Å². The fourth-order valence-electron chi connectivity index (χ4n) is 2.04. The summed E-state index contributed by atoms with van der Waals surface area (Å²) in [6.45, 7) is 18.5. The molecule has 0 saturated heterocycles. The van der Waals surface area contributed by atoms with E-state index in [0.717, 1.165) is 24.9 Å². The van der Waals surface area contributed by atoms with Crippen molar-refractivity contribution in [3.05, 3.63) is 0 Å². The summed E-state index contributed by atoms with van der Waals surface area (Å²) < 4.78 is 0. The molecule has 0 aliphatic rings. The second kappa shape index (κ2) is 9.00. The first-order valence-electron chi connectivity index (χ1n) is 6.92. The van der Waals surface area contributed by atoms with Crippen LogP contribution in [0.2, 0.25) is 0 Å². The van der Waals surface area contributed by atoms with Crippen LogP contribution < -0.4 is 5.32 Å². The molecule has 2 heteroatoms. The van der Waals surface area contributed by atoms with Gasteiger partial charge >= 0.3 is 0 Å². The van der Waals surface area contributed by atoms with E-state index in [2.05, 4.69) is 51.8 Å². The summed E-state index contributed by atoms with van der Waals surface area (Å²) in [6, 6.07) is 0.698. The van der Waals surface area contributed by atoms with Crippen LogP contribution >= 0.6 is 0 Å². The Morgan fingerprint density at radius 3 is 1.81 bits per heavy atom. The summed E-state index contributed by atoms with van der Waals surface area (Å²) in [7, 11) is 0. The average Bonchev–Trinajstić information content (AvgIpc) is 2.15. The minimum Gasteiger partial charge on any atom is -0.317 e. The molecule has 1 N–H and O–H groups in total. The van der Waals surface area contributed by atoms with Crippen LogP contribution in [0.3, 0.4) is 0 Å². The summed E-state index contributed by atoms with van der Waals surface area (Å²) >= 11 is 0. The maximum Gasteiger partial charge on any atom is 0.00792 e. The highest BCUT2D eigenvalue weighted by molar-refractivity contribution is 4.71. The molecule has 1 unspecified atom stereocenters. The summed E-state index contributed by atoms with van der Waals surface area (Å²) in [6.07, 6.45) is 1.26. The second-order valence-corrected chi connectivity index (χ2v) is 5.73. The van der Waals surface area contributed by atoms with Crippen LogP contribution in [0.1, 0.15) is 48.0 Å². The third kappa shape index (κ3) is 8.12. The van der Waals surface area contributed by atoms with E-state index in [1.165, 1.54) is 19.5 Å². The molecule has 2 nitrogen and oxygen atoms in total. The van der Waals surface area contributed by atoms with Crippen LogP contribution in [0.4, 0.5) is 0 Å². The van der Waals surface area contributed by atoms with Gasteiger partial charge in [-0.25, -0.2) is 0 Å². The first kappa shape index (κ1) is 15.9. The quantitative estimate of drug-likeness (QED) is 0.610. The largest absolute Gasteiger partial charge is 0.317 e. The van der Waals surface area contributed by atoms with E-state index in [0.29, 0.717) is 6.04 Å². The van der Waals surface area contributed by atoms with Crippen LogP contribution in [0.25, 0.3) is 0 Å². The molecule has 0 saturated carbocycles. The Hall–Kier alpha value is -0.0800. The van der Waals surface area contributed by atoms with Gasteiger partial charge in [0.25, 0.3) is 0 Å². The smallest absolute Gasteiger partial charge is 0.00792 e. The lowest BCUT2D eigenvalue weighted by atomic mass is 10.1. The van der Waals surface area contributed by atoms with Gasteiger partial charge in [-0.3, -0.25) is 0 Å². The van der Waals surface area contributed by atoms with Crippen molar-refractivity contribution in [2.24, 2.45) is 11.8 Å². The zero-order chi connectivity index (χ0) is 12.6. The van der Waals surface area contributed by atoms with Crippen molar-refractivity contribution in [1.82, 2.24) is 10.2 Å². The molecule has 0 rings (SSSR count). The van der Waals surface area contributed by atoms with Gasteiger partial charge in [0.1, 0.15) is 0 Å². The minimum atomic E-state index is 0.698. The molecule has 0 radical (unpaired) electrons. The van der Waals surface area contributed by atoms with Crippen molar-refractivity contribution in [3.8, 4) is 0 Å². The van der Waals surface area contributed by atoms with Crippen LogP contribution in [0.5, 0.6) is 0 Å². The molecule has 0 amide bonds. The molecule has 1 atom stereocenters. The zero-order valence-corrected chi connectivity index (χ0v) is 12.2. The number of hydrogen-bond acceptors (Lipinski definition) is 2. The lowest BCUT2D eigenvalue weighted by molar-refractivity contribution is 0.159. The number of nitrogens with zero attached hydrogens (tertiary/aromatic N) is 1. The van der Waals surface area contributed by atoms with Crippen LogP contribution in [0.15, 0.2) is 0 Å². The van der Waals surface area contributed by atoms with E-state index < -0.39 is 0 Å². The third-order valence-corrected chi connectivity index (χ3v) is 2.81. The summed E-state index contributed by atoms with van der Waals surface area (Å²) in [5, 5.41) is 3.41. The molecule has 0 heterocycles. The SMILES string of the molecule is CCNCCC(C)N(CC(C)C)CC(C)C. The predicted octanol–water partition coefficient (Wildman–Crippen LogP) is 2.99. The standard InChI is InChI=1S/C14H32N2/c1-7-15-9-8-14(6)16(10-12(2)3)11-13(4)5/h12-15H,7-11H2,1-6H3. The molecule has 0 aliphatic heterocycles. The molecule has 0 aliphatic carbocycles. The lowest BCUT2D eigenvalue weighted by Gasteiger charge is -2.32. The van der Waals surface area contributed by atoms with Crippen molar-refractivity contribution in [2.45, 2.75) is 54.0 Å². The van der Waals surface area contributed by atoms with Gasteiger partial charge in [0.2, 0.25) is 0 Å². The molecule has 0 bridgehead atoms. The molecule has 0 fully saturated rings. The maximum atomic E-state index is 3.41. The third-order valence-electron chi connectivity index (χ3n) is 2.81. The van der Waals surface area contributed by atoms with Crippen molar-refractivity contribution in [1.29, 1.82) is 0 Å². The highest BCUT2D eigenvalue weighted by Gasteiger charge is 2.15. The Bertz CT molecular complexity index is 145. The predicted molar refractivity (Wildman–Crippen MR) is 73.9 cm³/mol. The molecule has 0 aromatic rings. The first-order valence-corrected chi connectivity index (χ1v) is 6.92. The molecular weight excluding hydrogens is 196 g/mol. The molecule has 98 valence electrons. The Morgan fingerprint density at radius 2 is 1.44 bits per heavy atom. The normalized spacial score (nSPS) is 14.1. The Morgan fingerprint density at radius 1 is 0.938 bits per heavy atom. The zero-order valence-electron chi connectivity index (χ0n) is 12.2. The lowest BCUT2D eigenvalue weighted by Crippen LogP contribution is -2.40. The topological polar surface area (TPSA) is 15.3 Å². The van der Waals surface area contributed by atoms with Gasteiger partial charge in [-0.05, 0) is 38.3 Å². The number of hydrogen-bond donors (Lipinski definition) is 1. The van der Waals surface area contributed by atoms with Crippen LogP contribution in [0, 0.1) is 11.8 Å². The minimum absolute atomic E-state index is 0.698. The summed E-state index contributed by atoms with van der Waals surface area (Å²) in [5.74, 6) is 1.53. The van der Waals surface area contributed by atoms with Gasteiger partial charge in [-0.1, -0.05) is 34.6 Å². The Balaban J connectivity index is 4.04. The fraction of sp³-hybridized carbons (Fsp3) is 1.00. The van der Waals surface area contributed by atoms with Gasteiger partial charge in [-0.2, -0.15) is 0 Å². The van der Waals surface area contributed by atoms with E-state index in [9.17, 15) is 0 Å². The van der Waals surface area contributed by atoms with Gasteiger partial charge in [-0.15, -0.1) is 0 Å².